The lowest BCUT2D eigenvalue weighted by Crippen LogP contribution is -2.16. The molecule has 1 aromatic heterocycles. The van der Waals surface area contributed by atoms with Crippen LogP contribution in [0.25, 0.3) is 0 Å². The maximum Gasteiger partial charge on any atom is 0.354 e. The Morgan fingerprint density at radius 3 is 3.07 bits per heavy atom. The number of likely N-dealkylation sites (N-methyl/N-ethyl adjacent to an activating group) is 1. The first-order valence-electron chi connectivity index (χ1n) is 4.22. The average molecular weight is 196 g/mol. The molecule has 0 aromatic carbocycles. The molecule has 0 aliphatic carbocycles. The van der Waals surface area contributed by atoms with E-state index in [-0.39, 0.29) is 5.69 Å². The number of hydrogen-bond acceptors (Lipinski definition) is 4. The van der Waals surface area contributed by atoms with E-state index in [1.54, 1.807) is 12.1 Å². The molecule has 0 saturated carbocycles. The molecule has 0 aliphatic heterocycles. The second kappa shape index (κ2) is 5.18. The number of carbonyl (C=O) groups is 1. The van der Waals surface area contributed by atoms with Crippen LogP contribution in [-0.4, -0.2) is 36.3 Å². The molecule has 0 bridgehead atoms. The Labute approximate surface area is 81.7 Å². The molecule has 1 heterocycles. The summed E-state index contributed by atoms with van der Waals surface area (Å²) in [6.45, 7) is 1.16. The second-order valence-electron chi connectivity index (χ2n) is 2.62. The summed E-state index contributed by atoms with van der Waals surface area (Å²) in [4.78, 5) is 14.3. The van der Waals surface area contributed by atoms with Gasteiger partial charge in [0.2, 0.25) is 5.88 Å². The molecule has 0 atom stereocenters. The van der Waals surface area contributed by atoms with Crippen LogP contribution < -0.4 is 10.1 Å². The molecule has 5 nitrogen and oxygen atoms in total. The van der Waals surface area contributed by atoms with Gasteiger partial charge >= 0.3 is 5.97 Å². The van der Waals surface area contributed by atoms with Gasteiger partial charge in [-0.3, -0.25) is 0 Å². The zero-order chi connectivity index (χ0) is 10.4. The molecule has 14 heavy (non-hydrogen) atoms. The summed E-state index contributed by atoms with van der Waals surface area (Å²) in [5.74, 6) is -0.718. The van der Waals surface area contributed by atoms with Crippen molar-refractivity contribution in [3.63, 3.8) is 0 Å². The van der Waals surface area contributed by atoms with Crippen molar-refractivity contribution in [1.29, 1.82) is 0 Å². The molecule has 0 saturated heterocycles. The lowest BCUT2D eigenvalue weighted by molar-refractivity contribution is 0.0689. The number of aromatic carboxylic acids is 1. The fourth-order valence-corrected chi connectivity index (χ4v) is 0.872. The lowest BCUT2D eigenvalue weighted by Gasteiger charge is -2.04. The quantitative estimate of drug-likeness (QED) is 0.666. The first-order chi connectivity index (χ1) is 6.74. The highest BCUT2D eigenvalue weighted by Gasteiger charge is 2.04. The summed E-state index contributed by atoms with van der Waals surface area (Å²) in [7, 11) is 1.81. The number of carboxylic acid groups (broad SMARTS) is 1. The number of pyridine rings is 1. The van der Waals surface area contributed by atoms with Crippen molar-refractivity contribution in [2.24, 2.45) is 0 Å². The molecule has 0 spiro atoms. The first-order valence-corrected chi connectivity index (χ1v) is 4.22. The largest absolute Gasteiger partial charge is 0.477 e. The summed E-state index contributed by atoms with van der Waals surface area (Å²) < 4.78 is 5.20. The predicted octanol–water partition coefficient (Wildman–Crippen LogP) is 0.378. The van der Waals surface area contributed by atoms with Crippen LogP contribution in [-0.2, 0) is 0 Å². The minimum absolute atomic E-state index is 0.00745. The maximum atomic E-state index is 10.6. The van der Waals surface area contributed by atoms with Gasteiger partial charge in [0.05, 0.1) is 0 Å². The Hall–Kier alpha value is -1.62. The summed E-state index contributed by atoms with van der Waals surface area (Å²) >= 11 is 0. The minimum Gasteiger partial charge on any atom is -0.477 e. The topological polar surface area (TPSA) is 71.5 Å². The van der Waals surface area contributed by atoms with E-state index >= 15 is 0 Å². The highest BCUT2D eigenvalue weighted by Crippen LogP contribution is 2.06. The van der Waals surface area contributed by atoms with Crippen molar-refractivity contribution in [2.45, 2.75) is 0 Å². The van der Waals surface area contributed by atoms with Crippen LogP contribution in [0.5, 0.6) is 5.88 Å². The van der Waals surface area contributed by atoms with Crippen molar-refractivity contribution in [2.75, 3.05) is 20.2 Å². The molecule has 0 amide bonds. The third kappa shape index (κ3) is 3.02. The molecule has 0 fully saturated rings. The standard InChI is InChI=1S/C9H12N2O3/c1-10-5-6-14-8-4-2-3-7(11-8)9(12)13/h2-4,10H,5-6H2,1H3,(H,12,13). The third-order valence-corrected chi connectivity index (χ3v) is 1.54. The predicted molar refractivity (Wildman–Crippen MR) is 50.6 cm³/mol. The fourth-order valence-electron chi connectivity index (χ4n) is 0.872. The van der Waals surface area contributed by atoms with E-state index in [9.17, 15) is 4.79 Å². The zero-order valence-corrected chi connectivity index (χ0v) is 7.86. The van der Waals surface area contributed by atoms with Gasteiger partial charge in [0.25, 0.3) is 0 Å². The molecular weight excluding hydrogens is 184 g/mol. The summed E-state index contributed by atoms with van der Waals surface area (Å²) in [6, 6.07) is 4.65. The van der Waals surface area contributed by atoms with Gasteiger partial charge in [-0.2, -0.15) is 0 Å². The van der Waals surface area contributed by atoms with Gasteiger partial charge in [-0.1, -0.05) is 6.07 Å². The Bertz CT molecular complexity index is 315. The average Bonchev–Trinajstić information content (AvgIpc) is 2.19. The number of nitrogens with zero attached hydrogens (tertiary/aromatic N) is 1. The van der Waals surface area contributed by atoms with Crippen LogP contribution in [0.15, 0.2) is 18.2 Å². The van der Waals surface area contributed by atoms with Gasteiger partial charge in [0.15, 0.2) is 5.69 Å². The van der Waals surface area contributed by atoms with Crippen molar-refractivity contribution >= 4 is 5.97 Å². The summed E-state index contributed by atoms with van der Waals surface area (Å²) in [5, 5.41) is 11.6. The SMILES string of the molecule is CNCCOc1cccc(C(=O)O)n1. The first kappa shape index (κ1) is 10.5. The fraction of sp³-hybridized carbons (Fsp3) is 0.333. The summed E-state index contributed by atoms with van der Waals surface area (Å²) in [6.07, 6.45) is 0. The Balaban J connectivity index is 2.59. The van der Waals surface area contributed by atoms with Crippen LogP contribution in [0.1, 0.15) is 10.5 Å². The number of aromatic nitrogens is 1. The number of carboxylic acids is 1. The normalized spacial score (nSPS) is 9.79. The monoisotopic (exact) mass is 196 g/mol. The Kier molecular flexibility index (Phi) is 3.87. The van der Waals surface area contributed by atoms with E-state index in [1.165, 1.54) is 6.07 Å². The van der Waals surface area contributed by atoms with Crippen LogP contribution in [0.2, 0.25) is 0 Å². The molecule has 2 N–H and O–H groups in total. The van der Waals surface area contributed by atoms with E-state index < -0.39 is 5.97 Å². The zero-order valence-electron chi connectivity index (χ0n) is 7.86. The van der Waals surface area contributed by atoms with Crippen molar-refractivity contribution in [3.8, 4) is 5.88 Å². The number of hydrogen-bond donors (Lipinski definition) is 2. The van der Waals surface area contributed by atoms with Gasteiger partial charge in [0, 0.05) is 12.6 Å². The van der Waals surface area contributed by atoms with Crippen LogP contribution >= 0.6 is 0 Å². The van der Waals surface area contributed by atoms with Crippen LogP contribution in [0, 0.1) is 0 Å². The smallest absolute Gasteiger partial charge is 0.354 e. The van der Waals surface area contributed by atoms with E-state index in [4.69, 9.17) is 9.84 Å². The molecule has 5 heteroatoms. The molecule has 1 rings (SSSR count). The van der Waals surface area contributed by atoms with Gasteiger partial charge in [-0.05, 0) is 13.1 Å². The van der Waals surface area contributed by atoms with E-state index in [1.807, 2.05) is 7.05 Å². The third-order valence-electron chi connectivity index (χ3n) is 1.54. The minimum atomic E-state index is -1.05. The molecule has 76 valence electrons. The molecular formula is C9H12N2O3. The maximum absolute atomic E-state index is 10.6. The van der Waals surface area contributed by atoms with Gasteiger partial charge in [0.1, 0.15) is 6.61 Å². The Morgan fingerprint density at radius 1 is 1.64 bits per heavy atom. The van der Waals surface area contributed by atoms with Crippen molar-refractivity contribution < 1.29 is 14.6 Å². The number of rotatable bonds is 5. The Morgan fingerprint density at radius 2 is 2.43 bits per heavy atom. The second-order valence-corrected chi connectivity index (χ2v) is 2.62. The number of nitrogens with one attached hydrogen (secondary N) is 1. The lowest BCUT2D eigenvalue weighted by atomic mass is 10.3. The number of ether oxygens (including phenoxy) is 1. The van der Waals surface area contributed by atoms with Crippen LogP contribution in [0.4, 0.5) is 0 Å². The van der Waals surface area contributed by atoms with Crippen molar-refractivity contribution in [1.82, 2.24) is 10.3 Å². The van der Waals surface area contributed by atoms with Gasteiger partial charge < -0.3 is 15.2 Å². The van der Waals surface area contributed by atoms with Crippen molar-refractivity contribution in [3.05, 3.63) is 23.9 Å². The molecule has 0 unspecified atom stereocenters. The van der Waals surface area contributed by atoms with E-state index in [2.05, 4.69) is 10.3 Å². The molecule has 0 radical (unpaired) electrons. The highest BCUT2D eigenvalue weighted by molar-refractivity contribution is 5.85. The molecule has 1 aromatic rings. The van der Waals surface area contributed by atoms with Crippen LogP contribution in [0.3, 0.4) is 0 Å². The highest BCUT2D eigenvalue weighted by atomic mass is 16.5. The summed E-state index contributed by atoms with van der Waals surface area (Å²) in [5.41, 5.74) is -0.00745. The van der Waals surface area contributed by atoms with Gasteiger partial charge in [-0.25, -0.2) is 9.78 Å². The molecule has 0 aliphatic rings. The van der Waals surface area contributed by atoms with Gasteiger partial charge in [-0.15, -0.1) is 0 Å². The van der Waals surface area contributed by atoms with E-state index in [0.29, 0.717) is 19.0 Å². The van der Waals surface area contributed by atoms with E-state index in [0.717, 1.165) is 0 Å².